The molecule has 0 bridgehead atoms. The first-order chi connectivity index (χ1) is 27.7. The van der Waals surface area contributed by atoms with E-state index in [9.17, 15) is 55.1 Å². The second-order valence-corrected chi connectivity index (χ2v) is 12.3. The topological polar surface area (TPSA) is 173 Å². The number of methoxy groups -OCH3 is 2. The van der Waals surface area contributed by atoms with Crippen molar-refractivity contribution >= 4 is 46.6 Å². The van der Waals surface area contributed by atoms with E-state index in [1.807, 2.05) is 0 Å². The van der Waals surface area contributed by atoms with E-state index in [1.54, 1.807) is 13.8 Å². The Labute approximate surface area is 339 Å². The van der Waals surface area contributed by atoms with Crippen LogP contribution in [0, 0.1) is 0 Å². The van der Waals surface area contributed by atoms with Gasteiger partial charge in [0.25, 0.3) is 0 Å². The molecule has 0 fully saturated rings. The molecule has 2 aromatic rings. The van der Waals surface area contributed by atoms with Gasteiger partial charge in [0.1, 0.15) is 12.8 Å². The fraction of sp³-hybridized carbons (Fsp3) is 0.421. The number of nitrogens with zero attached hydrogens (tertiary/aromatic N) is 1. The first-order valence-electron chi connectivity index (χ1n) is 17.4. The lowest BCUT2D eigenvalue weighted by Gasteiger charge is -2.24. The molecular formula is C38H41ClF6N2O12. The van der Waals surface area contributed by atoms with Gasteiger partial charge in [-0.25, -0.2) is 9.59 Å². The standard InChI is InChI=1S/C19H20F3NO6.C14H14F3NO3.C5H7ClO3/c1-3-29-17(25)8-16(24)23(15-11-28-10-14(15)18(26)27-2)9-12-4-6-13(7-5-12)19(20,21)22;1-20-13(19)11-7-21-8-12(11)18-6-9-2-4-10(5-3-9)14(15,16)17;1-2-9-5(8)3-4(6)7/h4-7H,3,8-11H2,1-2H3;2-5,18H,6-8H2,1H3;2-3H2,1H3. The molecule has 0 saturated heterocycles. The lowest BCUT2D eigenvalue weighted by molar-refractivity contribution is -0.149. The Balaban J connectivity index is 0.000000348. The van der Waals surface area contributed by atoms with E-state index in [2.05, 4.69) is 19.5 Å². The molecule has 2 aromatic carbocycles. The van der Waals surface area contributed by atoms with Crippen LogP contribution in [0.4, 0.5) is 26.3 Å². The lowest BCUT2D eigenvalue weighted by atomic mass is 10.1. The summed E-state index contributed by atoms with van der Waals surface area (Å²) in [5.74, 6) is -3.17. The molecule has 0 aromatic heterocycles. The van der Waals surface area contributed by atoms with Crippen LogP contribution in [0.15, 0.2) is 71.1 Å². The average molecular weight is 867 g/mol. The van der Waals surface area contributed by atoms with Crippen molar-refractivity contribution in [1.29, 1.82) is 0 Å². The van der Waals surface area contributed by atoms with E-state index in [-0.39, 0.29) is 63.9 Å². The Hall–Kier alpha value is -5.47. The summed E-state index contributed by atoms with van der Waals surface area (Å²) in [7, 11) is 2.45. The van der Waals surface area contributed by atoms with Crippen molar-refractivity contribution in [3.8, 4) is 0 Å². The summed E-state index contributed by atoms with van der Waals surface area (Å²) in [4.78, 5) is 69.3. The Bertz CT molecular complexity index is 1850. The van der Waals surface area contributed by atoms with E-state index >= 15 is 0 Å². The molecule has 2 aliphatic heterocycles. The van der Waals surface area contributed by atoms with Gasteiger partial charge in [0.15, 0.2) is 0 Å². The van der Waals surface area contributed by atoms with Crippen molar-refractivity contribution in [1.82, 2.24) is 10.2 Å². The van der Waals surface area contributed by atoms with Gasteiger partial charge in [-0.1, -0.05) is 24.3 Å². The largest absolute Gasteiger partial charge is 0.466 e. The van der Waals surface area contributed by atoms with Crippen molar-refractivity contribution in [3.63, 3.8) is 0 Å². The molecule has 324 valence electrons. The van der Waals surface area contributed by atoms with Gasteiger partial charge in [0, 0.05) is 6.54 Å². The summed E-state index contributed by atoms with van der Waals surface area (Å²) in [6.07, 6.45) is -9.76. The maximum absolute atomic E-state index is 12.8. The van der Waals surface area contributed by atoms with Gasteiger partial charge in [-0.05, 0) is 60.8 Å². The fourth-order valence-electron chi connectivity index (χ4n) is 4.95. The quantitative estimate of drug-likeness (QED) is 0.0842. The first kappa shape index (κ1) is 49.7. The summed E-state index contributed by atoms with van der Waals surface area (Å²) in [5.41, 5.74) is 0.841. The SMILES string of the molecule is CCOC(=O)CC(=O)Cl.CCOC(=O)CC(=O)N(Cc1ccc(C(F)(F)F)cc1)C1=C(C(=O)OC)COC1.COC(=O)C1=C(NCc2ccc(C(F)(F)F)cc2)COC1. The number of nitrogens with one attached hydrogen (secondary N) is 1. The van der Waals surface area contributed by atoms with Gasteiger partial charge >= 0.3 is 36.2 Å². The molecule has 0 spiro atoms. The Morgan fingerprint density at radius 3 is 1.61 bits per heavy atom. The predicted octanol–water partition coefficient (Wildman–Crippen LogP) is 5.40. The number of hydrogen-bond donors (Lipinski definition) is 1. The van der Waals surface area contributed by atoms with Crippen LogP contribution in [0.3, 0.4) is 0 Å². The minimum Gasteiger partial charge on any atom is -0.466 e. The highest BCUT2D eigenvalue weighted by Crippen LogP contribution is 2.31. The van der Waals surface area contributed by atoms with E-state index < -0.39 is 64.9 Å². The number of halogens is 7. The minimum atomic E-state index is -4.49. The molecule has 59 heavy (non-hydrogen) atoms. The number of carbonyl (C=O) groups is 6. The first-order valence-corrected chi connectivity index (χ1v) is 17.8. The number of carbonyl (C=O) groups excluding carboxylic acids is 6. The van der Waals surface area contributed by atoms with Crippen molar-refractivity contribution in [2.24, 2.45) is 0 Å². The number of alkyl halides is 6. The third kappa shape index (κ3) is 16.7. The highest BCUT2D eigenvalue weighted by molar-refractivity contribution is 6.64. The van der Waals surface area contributed by atoms with Crippen LogP contribution in [-0.4, -0.2) is 93.8 Å². The summed E-state index contributed by atoms with van der Waals surface area (Å²) >= 11 is 4.87. The maximum atomic E-state index is 12.8. The van der Waals surface area contributed by atoms with Crippen LogP contribution in [-0.2, 0) is 82.6 Å². The zero-order chi connectivity index (χ0) is 44.3. The molecule has 21 heteroatoms. The zero-order valence-electron chi connectivity index (χ0n) is 32.2. The molecule has 1 N–H and O–H groups in total. The van der Waals surface area contributed by atoms with Crippen molar-refractivity contribution in [2.45, 2.75) is 52.1 Å². The lowest BCUT2D eigenvalue weighted by Crippen LogP contribution is -2.34. The highest BCUT2D eigenvalue weighted by Gasteiger charge is 2.33. The molecule has 4 rings (SSSR count). The van der Waals surface area contributed by atoms with Crippen molar-refractivity contribution < 1.29 is 83.5 Å². The molecule has 14 nitrogen and oxygen atoms in total. The van der Waals surface area contributed by atoms with Gasteiger partial charge < -0.3 is 38.6 Å². The third-order valence-corrected chi connectivity index (χ3v) is 7.91. The second kappa shape index (κ2) is 23.8. The molecule has 0 unspecified atom stereocenters. The molecular weight excluding hydrogens is 826 g/mol. The van der Waals surface area contributed by atoms with E-state index in [4.69, 9.17) is 25.8 Å². The van der Waals surface area contributed by atoms with Crippen LogP contribution in [0.1, 0.15) is 48.9 Å². The molecule has 0 aliphatic carbocycles. The second-order valence-electron chi connectivity index (χ2n) is 11.9. The monoisotopic (exact) mass is 866 g/mol. The molecule has 0 saturated carbocycles. The molecule has 0 radical (unpaired) electrons. The Kier molecular flexibility index (Phi) is 20.1. The minimum absolute atomic E-state index is 0.0837. The van der Waals surface area contributed by atoms with Gasteiger partial charge in [-0.15, -0.1) is 0 Å². The number of amides is 1. The van der Waals surface area contributed by atoms with Crippen molar-refractivity contribution in [2.75, 3.05) is 53.9 Å². The van der Waals surface area contributed by atoms with Gasteiger partial charge in [-0.3, -0.25) is 19.2 Å². The smallest absolute Gasteiger partial charge is 0.416 e. The summed E-state index contributed by atoms with van der Waals surface area (Å²) in [6.45, 7) is 4.02. The van der Waals surface area contributed by atoms with E-state index in [1.165, 1.54) is 38.5 Å². The summed E-state index contributed by atoms with van der Waals surface area (Å²) in [5, 5.41) is 2.31. The zero-order valence-corrected chi connectivity index (χ0v) is 32.9. The van der Waals surface area contributed by atoms with E-state index in [0.29, 0.717) is 28.9 Å². The van der Waals surface area contributed by atoms with Crippen LogP contribution < -0.4 is 5.32 Å². The molecule has 2 aliphatic rings. The maximum Gasteiger partial charge on any atom is 0.416 e. The van der Waals surface area contributed by atoms with Crippen LogP contribution in [0.2, 0.25) is 0 Å². The van der Waals surface area contributed by atoms with Gasteiger partial charge in [0.05, 0.1) is 94.1 Å². The van der Waals surface area contributed by atoms with Gasteiger partial charge in [-0.2, -0.15) is 26.3 Å². The van der Waals surface area contributed by atoms with Crippen LogP contribution >= 0.6 is 11.6 Å². The number of benzene rings is 2. The molecule has 2 heterocycles. The van der Waals surface area contributed by atoms with Crippen LogP contribution in [0.25, 0.3) is 0 Å². The number of esters is 4. The number of hydrogen-bond acceptors (Lipinski definition) is 13. The molecule has 0 atom stereocenters. The van der Waals surface area contributed by atoms with E-state index in [0.717, 1.165) is 29.2 Å². The summed E-state index contributed by atoms with van der Waals surface area (Å²) in [6, 6.07) is 9.07. The number of ether oxygens (including phenoxy) is 6. The van der Waals surface area contributed by atoms with Gasteiger partial charge in [0.2, 0.25) is 11.1 Å². The highest BCUT2D eigenvalue weighted by atomic mass is 35.5. The Morgan fingerprint density at radius 1 is 0.678 bits per heavy atom. The Morgan fingerprint density at radius 2 is 1.14 bits per heavy atom. The molecule has 1 amide bonds. The normalized spacial score (nSPS) is 13.6. The fourth-order valence-corrected chi connectivity index (χ4v) is 5.06. The number of rotatable bonds is 14. The van der Waals surface area contributed by atoms with Crippen molar-refractivity contribution in [3.05, 3.63) is 93.3 Å². The summed E-state index contributed by atoms with van der Waals surface area (Å²) < 4.78 is 104. The average Bonchev–Trinajstić information content (AvgIpc) is 3.86. The predicted molar refractivity (Wildman–Crippen MR) is 193 cm³/mol. The third-order valence-electron chi connectivity index (χ3n) is 7.78. The van der Waals surface area contributed by atoms with Crippen LogP contribution in [0.5, 0.6) is 0 Å².